The van der Waals surface area contributed by atoms with E-state index in [1.165, 1.54) is 0 Å². The summed E-state index contributed by atoms with van der Waals surface area (Å²) in [6.45, 7) is 6.24. The van der Waals surface area contributed by atoms with Crippen LogP contribution in [0.2, 0.25) is 0 Å². The monoisotopic (exact) mass is 377 g/mol. The molecule has 0 aliphatic heterocycles. The third kappa shape index (κ3) is 3.34. The highest BCUT2D eigenvalue weighted by molar-refractivity contribution is 6.04. The Balaban J connectivity index is 1.59. The first-order valence-corrected chi connectivity index (χ1v) is 8.93. The van der Waals surface area contributed by atoms with Crippen LogP contribution in [0, 0.1) is 13.8 Å². The number of ether oxygens (including phenoxy) is 1. The number of anilines is 1. The molecule has 0 aliphatic carbocycles. The van der Waals surface area contributed by atoms with Crippen LogP contribution in [0.3, 0.4) is 0 Å². The Morgan fingerprint density at radius 3 is 2.79 bits per heavy atom. The number of hydrogen-bond donors (Lipinski definition) is 1. The van der Waals surface area contributed by atoms with E-state index in [1.54, 1.807) is 6.07 Å². The van der Waals surface area contributed by atoms with Gasteiger partial charge in [0, 0.05) is 10.9 Å². The number of para-hydroxylation sites is 1. The quantitative estimate of drug-likeness (QED) is 0.540. The molecule has 142 valence electrons. The fourth-order valence-corrected chi connectivity index (χ4v) is 2.93. The molecule has 0 atom stereocenters. The Morgan fingerprint density at radius 2 is 1.96 bits per heavy atom. The van der Waals surface area contributed by atoms with Crippen molar-refractivity contribution in [2.24, 2.45) is 0 Å². The van der Waals surface area contributed by atoms with Gasteiger partial charge in [-0.05, 0) is 44.5 Å². The normalized spacial score (nSPS) is 11.0. The lowest BCUT2D eigenvalue weighted by molar-refractivity contribution is 0.102. The third-order valence-electron chi connectivity index (χ3n) is 4.30. The van der Waals surface area contributed by atoms with E-state index in [0.29, 0.717) is 29.3 Å². The van der Waals surface area contributed by atoms with Crippen molar-refractivity contribution in [3.63, 3.8) is 0 Å². The van der Waals surface area contributed by atoms with E-state index in [1.807, 2.05) is 57.2 Å². The Morgan fingerprint density at radius 1 is 1.11 bits per heavy atom. The molecule has 0 bridgehead atoms. The van der Waals surface area contributed by atoms with Crippen molar-refractivity contribution in [3.05, 3.63) is 59.2 Å². The lowest BCUT2D eigenvalue weighted by Crippen LogP contribution is -2.13. The van der Waals surface area contributed by atoms with Crippen LogP contribution in [0.5, 0.6) is 5.75 Å². The maximum atomic E-state index is 12.5. The summed E-state index contributed by atoms with van der Waals surface area (Å²) in [6, 6.07) is 13.1. The second-order valence-corrected chi connectivity index (χ2v) is 6.40. The minimum Gasteiger partial charge on any atom is -0.490 e. The molecule has 0 saturated carbocycles. The minimum atomic E-state index is -0.306. The van der Waals surface area contributed by atoms with Gasteiger partial charge in [-0.25, -0.2) is 0 Å². The zero-order valence-electron chi connectivity index (χ0n) is 15.8. The van der Waals surface area contributed by atoms with E-state index in [4.69, 9.17) is 13.6 Å². The van der Waals surface area contributed by atoms with Crippen LogP contribution in [0.4, 0.5) is 6.01 Å². The van der Waals surface area contributed by atoms with Gasteiger partial charge in [0.05, 0.1) is 6.61 Å². The Kier molecular flexibility index (Phi) is 4.57. The van der Waals surface area contributed by atoms with E-state index >= 15 is 0 Å². The smallest absolute Gasteiger partial charge is 0.322 e. The summed E-state index contributed by atoms with van der Waals surface area (Å²) < 4.78 is 17.0. The second-order valence-electron chi connectivity index (χ2n) is 6.40. The van der Waals surface area contributed by atoms with Gasteiger partial charge in [0.1, 0.15) is 0 Å². The van der Waals surface area contributed by atoms with E-state index < -0.39 is 0 Å². The van der Waals surface area contributed by atoms with E-state index in [9.17, 15) is 4.79 Å². The molecule has 28 heavy (non-hydrogen) atoms. The molecule has 0 fully saturated rings. The summed E-state index contributed by atoms with van der Waals surface area (Å²) in [6.07, 6.45) is 0. The van der Waals surface area contributed by atoms with Gasteiger partial charge in [0.25, 0.3) is 11.8 Å². The summed E-state index contributed by atoms with van der Waals surface area (Å²) in [7, 11) is 0. The molecule has 4 rings (SSSR count). The van der Waals surface area contributed by atoms with Crippen LogP contribution >= 0.6 is 0 Å². The first-order valence-electron chi connectivity index (χ1n) is 8.93. The molecule has 2 heterocycles. The van der Waals surface area contributed by atoms with Crippen LogP contribution in [0.1, 0.15) is 28.4 Å². The molecule has 7 nitrogen and oxygen atoms in total. The largest absolute Gasteiger partial charge is 0.490 e. The predicted molar refractivity (Wildman–Crippen MR) is 105 cm³/mol. The standard InChI is InChI=1S/C21H19N3O4/c1-4-26-16-7-5-6-14-11-17(27-18(14)16)20-23-24-21(28-20)22-19(25)15-10-12(2)8-9-13(15)3/h5-11H,4H2,1-3H3,(H,22,24,25). The molecule has 0 aliphatic rings. The van der Waals surface area contributed by atoms with Crippen molar-refractivity contribution in [1.29, 1.82) is 0 Å². The molecule has 0 radical (unpaired) electrons. The van der Waals surface area contributed by atoms with Crippen LogP contribution in [-0.4, -0.2) is 22.7 Å². The number of aryl methyl sites for hydroxylation is 2. The Bertz CT molecular complexity index is 1160. The maximum absolute atomic E-state index is 12.5. The molecule has 2 aromatic carbocycles. The predicted octanol–water partition coefficient (Wildman–Crippen LogP) is 4.75. The van der Waals surface area contributed by atoms with Gasteiger partial charge in [-0.3, -0.25) is 10.1 Å². The Labute approximate surface area is 161 Å². The number of amides is 1. The van der Waals surface area contributed by atoms with E-state index in [0.717, 1.165) is 16.5 Å². The number of nitrogens with one attached hydrogen (secondary N) is 1. The summed E-state index contributed by atoms with van der Waals surface area (Å²) in [5.41, 5.74) is 3.03. The molecule has 0 spiro atoms. The van der Waals surface area contributed by atoms with Gasteiger partial charge in [-0.2, -0.15) is 0 Å². The summed E-state index contributed by atoms with van der Waals surface area (Å²) in [5, 5.41) is 11.4. The highest BCUT2D eigenvalue weighted by atomic mass is 16.5. The fraction of sp³-hybridized carbons (Fsp3) is 0.190. The number of carbonyl (C=O) groups excluding carboxylic acids is 1. The van der Waals surface area contributed by atoms with Crippen LogP contribution in [-0.2, 0) is 0 Å². The Hall–Kier alpha value is -3.61. The number of fused-ring (bicyclic) bond motifs is 1. The van der Waals surface area contributed by atoms with Crippen molar-refractivity contribution in [2.75, 3.05) is 11.9 Å². The first-order chi connectivity index (χ1) is 13.5. The van der Waals surface area contributed by atoms with Gasteiger partial charge in [-0.15, -0.1) is 5.10 Å². The highest BCUT2D eigenvalue weighted by Gasteiger charge is 2.18. The lowest BCUT2D eigenvalue weighted by atomic mass is 10.1. The van der Waals surface area contributed by atoms with E-state index in [-0.39, 0.29) is 17.8 Å². The number of benzene rings is 2. The third-order valence-corrected chi connectivity index (χ3v) is 4.30. The van der Waals surface area contributed by atoms with Gasteiger partial charge in [0.2, 0.25) is 0 Å². The molecular formula is C21H19N3O4. The van der Waals surface area contributed by atoms with Crippen molar-refractivity contribution in [3.8, 4) is 17.4 Å². The molecule has 1 N–H and O–H groups in total. The van der Waals surface area contributed by atoms with Crippen LogP contribution in [0.25, 0.3) is 22.6 Å². The number of aromatic nitrogens is 2. The van der Waals surface area contributed by atoms with Crippen LogP contribution in [0.15, 0.2) is 51.3 Å². The molecular weight excluding hydrogens is 358 g/mol. The summed E-state index contributed by atoms with van der Waals surface area (Å²) in [4.78, 5) is 12.5. The number of furan rings is 1. The van der Waals surface area contributed by atoms with E-state index in [2.05, 4.69) is 15.5 Å². The topological polar surface area (TPSA) is 90.4 Å². The zero-order valence-corrected chi connectivity index (χ0v) is 15.8. The van der Waals surface area contributed by atoms with Gasteiger partial charge in [0.15, 0.2) is 17.1 Å². The summed E-state index contributed by atoms with van der Waals surface area (Å²) in [5.74, 6) is 0.922. The average molecular weight is 377 g/mol. The molecule has 0 unspecified atom stereocenters. The van der Waals surface area contributed by atoms with Crippen molar-refractivity contribution >= 4 is 22.9 Å². The first kappa shape index (κ1) is 17.8. The van der Waals surface area contributed by atoms with Gasteiger partial charge >= 0.3 is 6.01 Å². The number of nitrogens with zero attached hydrogens (tertiary/aromatic N) is 2. The average Bonchev–Trinajstić information content (AvgIpc) is 3.31. The minimum absolute atomic E-state index is 0.00592. The summed E-state index contributed by atoms with van der Waals surface area (Å²) >= 11 is 0. The fourth-order valence-electron chi connectivity index (χ4n) is 2.93. The van der Waals surface area contributed by atoms with Gasteiger partial charge < -0.3 is 13.6 Å². The molecule has 4 aromatic rings. The lowest BCUT2D eigenvalue weighted by Gasteiger charge is -2.05. The number of rotatable bonds is 5. The molecule has 1 amide bonds. The van der Waals surface area contributed by atoms with Crippen LogP contribution < -0.4 is 10.1 Å². The maximum Gasteiger partial charge on any atom is 0.322 e. The van der Waals surface area contributed by atoms with Crippen molar-refractivity contribution < 1.29 is 18.4 Å². The molecule has 7 heteroatoms. The van der Waals surface area contributed by atoms with Gasteiger partial charge in [-0.1, -0.05) is 34.9 Å². The number of carbonyl (C=O) groups is 1. The molecule has 0 saturated heterocycles. The zero-order chi connectivity index (χ0) is 19.7. The highest BCUT2D eigenvalue weighted by Crippen LogP contribution is 2.33. The SMILES string of the molecule is CCOc1cccc2cc(-c3nnc(NC(=O)c4cc(C)ccc4C)o3)oc12. The second kappa shape index (κ2) is 7.19. The van der Waals surface area contributed by atoms with Crippen molar-refractivity contribution in [2.45, 2.75) is 20.8 Å². The molecule has 2 aromatic heterocycles. The van der Waals surface area contributed by atoms with Crippen molar-refractivity contribution in [1.82, 2.24) is 10.2 Å². The number of hydrogen-bond acceptors (Lipinski definition) is 6.